The van der Waals surface area contributed by atoms with Crippen molar-refractivity contribution >= 4 is 11.0 Å². The summed E-state index contributed by atoms with van der Waals surface area (Å²) in [5.41, 5.74) is 3.44. The molecule has 3 rings (SSSR count). The Hall–Kier alpha value is -2.61. The number of ether oxygens (including phenoxy) is 2. The molecule has 2 N–H and O–H groups in total. The van der Waals surface area contributed by atoms with E-state index < -0.39 is 6.10 Å². The molecular formula is C25H35N3O4. The number of aryl methyl sites for hydroxylation is 2. The van der Waals surface area contributed by atoms with Crippen molar-refractivity contribution in [1.29, 1.82) is 0 Å². The van der Waals surface area contributed by atoms with Gasteiger partial charge in [0.1, 0.15) is 18.5 Å². The minimum absolute atomic E-state index is 0.0854. The van der Waals surface area contributed by atoms with Crippen LogP contribution in [0.3, 0.4) is 0 Å². The van der Waals surface area contributed by atoms with E-state index in [-0.39, 0.29) is 12.3 Å². The van der Waals surface area contributed by atoms with Crippen molar-refractivity contribution in [3.8, 4) is 5.75 Å². The normalized spacial score (nSPS) is 12.4. The zero-order valence-corrected chi connectivity index (χ0v) is 19.3. The maximum atomic E-state index is 12.1. The molecule has 1 aromatic heterocycles. The third kappa shape index (κ3) is 6.22. The summed E-state index contributed by atoms with van der Waals surface area (Å²) >= 11 is 0. The second-order valence-corrected chi connectivity index (χ2v) is 8.12. The minimum atomic E-state index is -0.782. The molecule has 2 aromatic carbocycles. The lowest BCUT2D eigenvalue weighted by molar-refractivity contribution is 0.108. The van der Waals surface area contributed by atoms with Crippen LogP contribution in [0.5, 0.6) is 5.75 Å². The van der Waals surface area contributed by atoms with Gasteiger partial charge in [-0.15, -0.1) is 0 Å². The Balaban J connectivity index is 1.43. The fourth-order valence-corrected chi connectivity index (χ4v) is 3.59. The van der Waals surface area contributed by atoms with Crippen LogP contribution in [-0.2, 0) is 25.4 Å². The van der Waals surface area contributed by atoms with Gasteiger partial charge in [0.05, 0.1) is 11.0 Å². The maximum Gasteiger partial charge on any atom is 0.328 e. The lowest BCUT2D eigenvalue weighted by Crippen LogP contribution is -2.19. The van der Waals surface area contributed by atoms with Gasteiger partial charge in [-0.25, -0.2) is 4.79 Å². The number of rotatable bonds is 13. The van der Waals surface area contributed by atoms with Crippen LogP contribution in [0.4, 0.5) is 0 Å². The number of nitrogens with zero attached hydrogens (tertiary/aromatic N) is 2. The Kier molecular flexibility index (Phi) is 8.90. The second-order valence-electron chi connectivity index (χ2n) is 8.12. The van der Waals surface area contributed by atoms with Crippen LogP contribution in [0.2, 0.25) is 0 Å². The minimum Gasteiger partial charge on any atom is -0.491 e. The number of aliphatic hydroxyl groups excluding tert-OH is 1. The Morgan fingerprint density at radius 2 is 1.72 bits per heavy atom. The number of benzene rings is 2. The summed E-state index contributed by atoms with van der Waals surface area (Å²) in [6, 6.07) is 13.4. The highest BCUT2D eigenvalue weighted by atomic mass is 16.5. The van der Waals surface area contributed by atoms with E-state index in [9.17, 15) is 9.90 Å². The average molecular weight is 442 g/mol. The number of aliphatic hydroxyl groups is 1. The molecule has 0 saturated heterocycles. The largest absolute Gasteiger partial charge is 0.491 e. The summed E-state index contributed by atoms with van der Waals surface area (Å²) in [7, 11) is 3.47. The highest BCUT2D eigenvalue weighted by Gasteiger charge is 2.13. The fourth-order valence-electron chi connectivity index (χ4n) is 3.59. The van der Waals surface area contributed by atoms with Crippen LogP contribution in [0.1, 0.15) is 43.4 Å². The zero-order valence-electron chi connectivity index (χ0n) is 19.3. The predicted octanol–water partition coefficient (Wildman–Crippen LogP) is 3.29. The van der Waals surface area contributed by atoms with Crippen molar-refractivity contribution in [3.05, 3.63) is 64.1 Å². The third-order valence-corrected chi connectivity index (χ3v) is 5.63. The number of unbranched alkanes of at least 4 members (excludes halogenated alkanes) is 1. The summed E-state index contributed by atoms with van der Waals surface area (Å²) < 4.78 is 14.5. The van der Waals surface area contributed by atoms with Crippen LogP contribution >= 0.6 is 0 Å². The molecule has 0 fully saturated rings. The van der Waals surface area contributed by atoms with Crippen molar-refractivity contribution in [2.24, 2.45) is 14.1 Å². The van der Waals surface area contributed by atoms with Gasteiger partial charge >= 0.3 is 5.69 Å². The van der Waals surface area contributed by atoms with Gasteiger partial charge in [0.25, 0.3) is 0 Å². The Morgan fingerprint density at radius 3 is 2.47 bits per heavy atom. The monoisotopic (exact) mass is 441 g/mol. The lowest BCUT2D eigenvalue weighted by Gasteiger charge is -2.14. The maximum absolute atomic E-state index is 12.1. The molecule has 0 radical (unpaired) electrons. The van der Waals surface area contributed by atoms with Gasteiger partial charge in [0, 0.05) is 33.9 Å². The predicted molar refractivity (Wildman–Crippen MR) is 127 cm³/mol. The third-order valence-electron chi connectivity index (χ3n) is 5.63. The number of nitrogens with one attached hydrogen (secondary N) is 1. The molecule has 1 heterocycles. The standard InChI is InChI=1S/C25H35N3O4/c1-4-5-14-31-15-6-13-26-17-19-7-10-21(11-8-19)32-18-24(29)20-9-12-22-23(16-20)28(3)25(30)27(22)2/h7-12,16,24,26,29H,4-6,13-15,17-18H2,1-3H3/t24-/m1/s1. The van der Waals surface area contributed by atoms with Crippen molar-refractivity contribution in [2.75, 3.05) is 26.4 Å². The zero-order chi connectivity index (χ0) is 22.9. The van der Waals surface area contributed by atoms with E-state index in [1.165, 1.54) is 12.0 Å². The first-order chi connectivity index (χ1) is 15.5. The number of fused-ring (bicyclic) bond motifs is 1. The fraction of sp³-hybridized carbons (Fsp3) is 0.480. The van der Waals surface area contributed by atoms with Crippen LogP contribution in [0.15, 0.2) is 47.3 Å². The van der Waals surface area contributed by atoms with Crippen LogP contribution in [0, 0.1) is 0 Å². The van der Waals surface area contributed by atoms with Crippen LogP contribution < -0.4 is 15.7 Å². The van der Waals surface area contributed by atoms with Gasteiger partial charge in [-0.2, -0.15) is 0 Å². The van der Waals surface area contributed by atoms with Gasteiger partial charge in [-0.05, 0) is 54.8 Å². The Labute approximate surface area is 189 Å². The van der Waals surface area contributed by atoms with Crippen LogP contribution in [0.25, 0.3) is 11.0 Å². The molecule has 0 aliphatic carbocycles. The van der Waals surface area contributed by atoms with Crippen molar-refractivity contribution in [2.45, 2.75) is 38.8 Å². The van der Waals surface area contributed by atoms with E-state index in [0.29, 0.717) is 5.75 Å². The van der Waals surface area contributed by atoms with E-state index >= 15 is 0 Å². The topological polar surface area (TPSA) is 77.7 Å². The summed E-state index contributed by atoms with van der Waals surface area (Å²) in [5, 5.41) is 14.0. The van der Waals surface area contributed by atoms with Crippen LogP contribution in [-0.4, -0.2) is 40.6 Å². The SMILES string of the molecule is CCCCOCCCNCc1ccc(OC[C@@H](O)c2ccc3c(c2)n(C)c(=O)n3C)cc1. The molecule has 0 amide bonds. The molecule has 0 spiro atoms. The summed E-state index contributed by atoms with van der Waals surface area (Å²) in [5.74, 6) is 0.713. The van der Waals surface area contributed by atoms with Gasteiger partial charge < -0.3 is 19.9 Å². The molecule has 7 nitrogen and oxygen atoms in total. The van der Waals surface area contributed by atoms with Gasteiger partial charge in [-0.3, -0.25) is 9.13 Å². The average Bonchev–Trinajstić information content (AvgIpc) is 3.03. The first kappa shape index (κ1) is 24.0. The number of hydrogen-bond donors (Lipinski definition) is 2. The molecule has 0 aliphatic rings. The number of hydrogen-bond acceptors (Lipinski definition) is 5. The van der Waals surface area contributed by atoms with E-state index in [4.69, 9.17) is 9.47 Å². The Bertz CT molecular complexity index is 1040. The Morgan fingerprint density at radius 1 is 1.00 bits per heavy atom. The molecular weight excluding hydrogens is 406 g/mol. The lowest BCUT2D eigenvalue weighted by atomic mass is 10.1. The van der Waals surface area contributed by atoms with E-state index in [2.05, 4.69) is 12.2 Å². The van der Waals surface area contributed by atoms with E-state index in [1.807, 2.05) is 42.5 Å². The van der Waals surface area contributed by atoms with Crippen molar-refractivity contribution in [3.63, 3.8) is 0 Å². The summed E-state index contributed by atoms with van der Waals surface area (Å²) in [6.45, 7) is 5.69. The molecule has 174 valence electrons. The first-order valence-electron chi connectivity index (χ1n) is 11.3. The molecule has 0 saturated carbocycles. The summed E-state index contributed by atoms with van der Waals surface area (Å²) in [4.78, 5) is 12.1. The number of aromatic nitrogens is 2. The van der Waals surface area contributed by atoms with Crippen molar-refractivity contribution < 1.29 is 14.6 Å². The first-order valence-corrected chi connectivity index (χ1v) is 11.3. The quantitative estimate of drug-likeness (QED) is 0.398. The molecule has 1 atom stereocenters. The van der Waals surface area contributed by atoms with Gasteiger partial charge in [0.15, 0.2) is 0 Å². The molecule has 0 unspecified atom stereocenters. The van der Waals surface area contributed by atoms with E-state index in [0.717, 1.165) is 55.7 Å². The molecule has 32 heavy (non-hydrogen) atoms. The van der Waals surface area contributed by atoms with Gasteiger partial charge in [-0.1, -0.05) is 31.5 Å². The van der Waals surface area contributed by atoms with Crippen molar-refractivity contribution in [1.82, 2.24) is 14.5 Å². The number of imidazole rings is 1. The second kappa shape index (κ2) is 11.9. The highest BCUT2D eigenvalue weighted by molar-refractivity contribution is 5.76. The highest BCUT2D eigenvalue weighted by Crippen LogP contribution is 2.21. The molecule has 7 heteroatoms. The summed E-state index contributed by atoms with van der Waals surface area (Å²) in [6.07, 6.45) is 2.52. The molecule has 0 bridgehead atoms. The molecule has 0 aliphatic heterocycles. The van der Waals surface area contributed by atoms with Gasteiger partial charge in [0.2, 0.25) is 0 Å². The van der Waals surface area contributed by atoms with E-state index in [1.54, 1.807) is 23.2 Å². The smallest absolute Gasteiger partial charge is 0.328 e. The molecule has 3 aromatic rings.